The zero-order valence-electron chi connectivity index (χ0n) is 13.2. The molecule has 0 radical (unpaired) electrons. The SMILES string of the molecule is COc1cccc(C(C)(CC(=O)O)NC(=O)C2COCCO2)c1. The summed E-state index contributed by atoms with van der Waals surface area (Å²) >= 11 is 0. The van der Waals surface area contributed by atoms with E-state index < -0.39 is 23.5 Å². The van der Waals surface area contributed by atoms with Crippen molar-refractivity contribution in [2.75, 3.05) is 26.9 Å². The molecule has 1 fully saturated rings. The molecule has 2 rings (SSSR count). The van der Waals surface area contributed by atoms with E-state index in [9.17, 15) is 14.7 Å². The molecule has 23 heavy (non-hydrogen) atoms. The van der Waals surface area contributed by atoms with E-state index in [-0.39, 0.29) is 13.0 Å². The molecule has 0 aromatic heterocycles. The first kappa shape index (κ1) is 17.2. The molecule has 0 aliphatic carbocycles. The largest absolute Gasteiger partial charge is 0.497 e. The van der Waals surface area contributed by atoms with Gasteiger partial charge in [-0.2, -0.15) is 0 Å². The monoisotopic (exact) mass is 323 g/mol. The van der Waals surface area contributed by atoms with Gasteiger partial charge in [-0.3, -0.25) is 9.59 Å². The fourth-order valence-electron chi connectivity index (χ4n) is 2.48. The van der Waals surface area contributed by atoms with Crippen molar-refractivity contribution in [2.24, 2.45) is 0 Å². The summed E-state index contributed by atoms with van der Waals surface area (Å²) in [5, 5.41) is 12.0. The van der Waals surface area contributed by atoms with Crippen molar-refractivity contribution in [3.63, 3.8) is 0 Å². The van der Waals surface area contributed by atoms with Crippen LogP contribution in [0.25, 0.3) is 0 Å². The maximum absolute atomic E-state index is 12.4. The topological polar surface area (TPSA) is 94.1 Å². The van der Waals surface area contributed by atoms with E-state index in [1.165, 1.54) is 7.11 Å². The maximum atomic E-state index is 12.4. The van der Waals surface area contributed by atoms with Crippen molar-refractivity contribution in [1.29, 1.82) is 0 Å². The van der Waals surface area contributed by atoms with Gasteiger partial charge in [0.05, 0.1) is 38.9 Å². The third-order valence-corrected chi connectivity index (χ3v) is 3.72. The molecule has 7 nitrogen and oxygen atoms in total. The van der Waals surface area contributed by atoms with Crippen LogP contribution >= 0.6 is 0 Å². The Morgan fingerprint density at radius 3 is 2.83 bits per heavy atom. The second-order valence-electron chi connectivity index (χ2n) is 5.56. The van der Waals surface area contributed by atoms with E-state index >= 15 is 0 Å². The van der Waals surface area contributed by atoms with Gasteiger partial charge in [0.1, 0.15) is 5.75 Å². The van der Waals surface area contributed by atoms with Gasteiger partial charge in [0, 0.05) is 0 Å². The molecular weight excluding hydrogens is 302 g/mol. The number of hydrogen-bond donors (Lipinski definition) is 2. The second-order valence-corrected chi connectivity index (χ2v) is 5.56. The average molecular weight is 323 g/mol. The van der Waals surface area contributed by atoms with Crippen molar-refractivity contribution in [1.82, 2.24) is 5.32 Å². The van der Waals surface area contributed by atoms with Crippen LogP contribution in [0.2, 0.25) is 0 Å². The number of ether oxygens (including phenoxy) is 3. The quantitative estimate of drug-likeness (QED) is 0.808. The first-order valence-electron chi connectivity index (χ1n) is 7.32. The summed E-state index contributed by atoms with van der Waals surface area (Å²) in [6.45, 7) is 2.61. The summed E-state index contributed by atoms with van der Waals surface area (Å²) < 4.78 is 15.8. The van der Waals surface area contributed by atoms with Gasteiger partial charge >= 0.3 is 5.97 Å². The van der Waals surface area contributed by atoms with Crippen molar-refractivity contribution >= 4 is 11.9 Å². The first-order valence-corrected chi connectivity index (χ1v) is 7.32. The van der Waals surface area contributed by atoms with Crippen LogP contribution in [0.3, 0.4) is 0 Å². The fraction of sp³-hybridized carbons (Fsp3) is 0.500. The Labute approximate surface area is 134 Å². The van der Waals surface area contributed by atoms with Crippen molar-refractivity contribution in [3.05, 3.63) is 29.8 Å². The number of carbonyl (C=O) groups is 2. The summed E-state index contributed by atoms with van der Waals surface area (Å²) in [4.78, 5) is 23.6. The lowest BCUT2D eigenvalue weighted by atomic mass is 9.88. The Morgan fingerprint density at radius 1 is 1.43 bits per heavy atom. The molecule has 1 amide bonds. The minimum absolute atomic E-state index is 0.160. The number of benzene rings is 1. The zero-order valence-corrected chi connectivity index (χ0v) is 13.2. The summed E-state index contributed by atoms with van der Waals surface area (Å²) in [6.07, 6.45) is -0.998. The zero-order chi connectivity index (χ0) is 16.9. The van der Waals surface area contributed by atoms with E-state index in [1.807, 2.05) is 0 Å². The molecule has 1 aromatic carbocycles. The maximum Gasteiger partial charge on any atom is 0.306 e. The highest BCUT2D eigenvalue weighted by molar-refractivity contribution is 5.83. The fourth-order valence-corrected chi connectivity index (χ4v) is 2.48. The molecule has 1 aliphatic rings. The number of carboxylic acid groups (broad SMARTS) is 1. The summed E-state index contributed by atoms with van der Waals surface area (Å²) in [7, 11) is 1.53. The van der Waals surface area contributed by atoms with Crippen LogP contribution in [0.5, 0.6) is 5.75 Å². The van der Waals surface area contributed by atoms with Gasteiger partial charge in [-0.1, -0.05) is 12.1 Å². The van der Waals surface area contributed by atoms with E-state index in [0.29, 0.717) is 24.5 Å². The van der Waals surface area contributed by atoms with Crippen LogP contribution in [-0.4, -0.2) is 50.0 Å². The third-order valence-electron chi connectivity index (χ3n) is 3.72. The number of hydrogen-bond acceptors (Lipinski definition) is 5. The predicted octanol–water partition coefficient (Wildman–Crippen LogP) is 0.917. The van der Waals surface area contributed by atoms with Crippen molar-refractivity contribution in [2.45, 2.75) is 25.0 Å². The highest BCUT2D eigenvalue weighted by Crippen LogP contribution is 2.28. The van der Waals surface area contributed by atoms with Gasteiger partial charge in [0.2, 0.25) is 0 Å². The van der Waals surface area contributed by atoms with Crippen LogP contribution < -0.4 is 10.1 Å². The van der Waals surface area contributed by atoms with Crippen LogP contribution in [0.1, 0.15) is 18.9 Å². The van der Waals surface area contributed by atoms with E-state index in [0.717, 1.165) is 0 Å². The Bertz CT molecular complexity index is 569. The third kappa shape index (κ3) is 4.43. The summed E-state index contributed by atoms with van der Waals surface area (Å²) in [6, 6.07) is 6.97. The van der Waals surface area contributed by atoms with Crippen molar-refractivity contribution < 1.29 is 28.9 Å². The van der Waals surface area contributed by atoms with Crippen LogP contribution in [0.15, 0.2) is 24.3 Å². The molecule has 0 saturated carbocycles. The Morgan fingerprint density at radius 2 is 2.22 bits per heavy atom. The smallest absolute Gasteiger partial charge is 0.306 e. The van der Waals surface area contributed by atoms with Gasteiger partial charge < -0.3 is 24.6 Å². The van der Waals surface area contributed by atoms with E-state index in [4.69, 9.17) is 14.2 Å². The van der Waals surface area contributed by atoms with Gasteiger partial charge in [-0.25, -0.2) is 0 Å². The van der Waals surface area contributed by atoms with Gasteiger partial charge in [0.25, 0.3) is 5.91 Å². The second kappa shape index (κ2) is 7.43. The number of nitrogens with one attached hydrogen (secondary N) is 1. The standard InChI is InChI=1S/C16H21NO6/c1-16(9-14(18)19,11-4-3-5-12(8-11)21-2)17-15(20)13-10-22-6-7-23-13/h3-5,8,13H,6-7,9-10H2,1-2H3,(H,17,20)(H,18,19). The Hall–Kier alpha value is -2.12. The Balaban J connectivity index is 2.23. The predicted molar refractivity (Wildman–Crippen MR) is 81.3 cm³/mol. The summed E-state index contributed by atoms with van der Waals surface area (Å²) in [5.41, 5.74) is -0.442. The number of carboxylic acids is 1. The molecule has 1 aromatic rings. The number of amides is 1. The number of rotatable bonds is 6. The van der Waals surface area contributed by atoms with Crippen LogP contribution in [0, 0.1) is 0 Å². The molecule has 2 N–H and O–H groups in total. The molecule has 0 bridgehead atoms. The van der Waals surface area contributed by atoms with Crippen molar-refractivity contribution in [3.8, 4) is 5.75 Å². The van der Waals surface area contributed by atoms with Gasteiger partial charge in [-0.05, 0) is 24.6 Å². The molecule has 1 aliphatic heterocycles. The average Bonchev–Trinajstić information content (AvgIpc) is 2.55. The highest BCUT2D eigenvalue weighted by Gasteiger charge is 2.35. The normalized spacial score (nSPS) is 20.3. The minimum atomic E-state index is -1.09. The lowest BCUT2D eigenvalue weighted by Gasteiger charge is -2.32. The van der Waals surface area contributed by atoms with Crippen LogP contribution in [-0.2, 0) is 24.6 Å². The number of aliphatic carboxylic acids is 1. The lowest BCUT2D eigenvalue weighted by molar-refractivity contribution is -0.150. The van der Waals surface area contributed by atoms with E-state index in [2.05, 4.69) is 5.32 Å². The molecule has 2 atom stereocenters. The first-order chi connectivity index (χ1) is 10.9. The molecule has 7 heteroatoms. The molecule has 2 unspecified atom stereocenters. The molecule has 126 valence electrons. The molecule has 1 heterocycles. The summed E-state index contributed by atoms with van der Waals surface area (Å²) in [5.74, 6) is -0.821. The van der Waals surface area contributed by atoms with Gasteiger partial charge in [0.15, 0.2) is 6.10 Å². The number of methoxy groups -OCH3 is 1. The molecule has 1 saturated heterocycles. The minimum Gasteiger partial charge on any atom is -0.497 e. The number of carbonyl (C=O) groups excluding carboxylic acids is 1. The van der Waals surface area contributed by atoms with Gasteiger partial charge in [-0.15, -0.1) is 0 Å². The highest BCUT2D eigenvalue weighted by atomic mass is 16.6. The Kier molecular flexibility index (Phi) is 5.57. The molecule has 0 spiro atoms. The van der Waals surface area contributed by atoms with Crippen LogP contribution in [0.4, 0.5) is 0 Å². The molecular formula is C16H21NO6. The lowest BCUT2D eigenvalue weighted by Crippen LogP contribution is -2.51. The van der Waals surface area contributed by atoms with E-state index in [1.54, 1.807) is 31.2 Å².